The molecule has 0 saturated heterocycles. The summed E-state index contributed by atoms with van der Waals surface area (Å²) in [6, 6.07) is 16.8. The van der Waals surface area contributed by atoms with Gasteiger partial charge >= 0.3 is 0 Å². The van der Waals surface area contributed by atoms with Gasteiger partial charge in [-0.05, 0) is 49.2 Å². The first-order valence-electron chi connectivity index (χ1n) is 9.82. The van der Waals surface area contributed by atoms with Crippen LogP contribution < -0.4 is 0 Å². The Labute approximate surface area is 172 Å². The highest BCUT2D eigenvalue weighted by Gasteiger charge is 2.36. The summed E-state index contributed by atoms with van der Waals surface area (Å²) in [5.41, 5.74) is 4.21. The van der Waals surface area contributed by atoms with Crippen molar-refractivity contribution in [1.29, 1.82) is 0 Å². The van der Waals surface area contributed by atoms with Gasteiger partial charge in [0.15, 0.2) is 11.6 Å². The summed E-state index contributed by atoms with van der Waals surface area (Å²) in [4.78, 5) is 23.0. The van der Waals surface area contributed by atoms with Crippen molar-refractivity contribution in [2.45, 2.75) is 19.4 Å². The van der Waals surface area contributed by atoms with Crippen molar-refractivity contribution in [1.82, 2.24) is 14.9 Å². The molecule has 6 heteroatoms. The fourth-order valence-electron chi connectivity index (χ4n) is 4.31. The Morgan fingerprint density at radius 1 is 1.07 bits per heavy atom. The first-order valence-corrected chi connectivity index (χ1v) is 9.82. The van der Waals surface area contributed by atoms with Crippen LogP contribution in [-0.4, -0.2) is 27.3 Å². The number of nitrogens with zero attached hydrogens (tertiary/aromatic N) is 2. The van der Waals surface area contributed by atoms with Gasteiger partial charge in [-0.1, -0.05) is 30.3 Å². The van der Waals surface area contributed by atoms with E-state index in [1.54, 1.807) is 4.90 Å². The van der Waals surface area contributed by atoms with Crippen molar-refractivity contribution < 1.29 is 13.6 Å². The van der Waals surface area contributed by atoms with Gasteiger partial charge < -0.3 is 9.88 Å². The van der Waals surface area contributed by atoms with E-state index >= 15 is 0 Å². The molecular weight excluding hydrogens is 384 g/mol. The highest BCUT2D eigenvalue weighted by molar-refractivity contribution is 5.96. The quantitative estimate of drug-likeness (QED) is 0.516. The van der Waals surface area contributed by atoms with E-state index < -0.39 is 23.6 Å². The molecule has 1 N–H and O–H groups in total. The first-order chi connectivity index (χ1) is 14.5. The van der Waals surface area contributed by atoms with Crippen LogP contribution >= 0.6 is 0 Å². The standard InChI is InChI=1S/C24H19F2N3O/c1-14-6-4-11-20(27-14)23-22-16(15-7-2-3-10-19(15)28-22)12-13-29(23)24(30)17-8-5-9-18(25)21(17)26/h2-11,23,28H,12-13H2,1H3/t23-/m1/s1. The van der Waals surface area contributed by atoms with E-state index in [9.17, 15) is 13.6 Å². The number of carbonyl (C=O) groups excluding carboxylic acids is 1. The second-order valence-corrected chi connectivity index (χ2v) is 7.52. The van der Waals surface area contributed by atoms with E-state index in [2.05, 4.69) is 16.0 Å². The van der Waals surface area contributed by atoms with Gasteiger partial charge in [0.25, 0.3) is 5.91 Å². The van der Waals surface area contributed by atoms with Gasteiger partial charge in [0, 0.05) is 28.8 Å². The van der Waals surface area contributed by atoms with Crippen LogP contribution in [0.15, 0.2) is 60.7 Å². The fourth-order valence-corrected chi connectivity index (χ4v) is 4.31. The maximum atomic E-state index is 14.4. The molecule has 0 fully saturated rings. The molecule has 0 unspecified atom stereocenters. The molecule has 2 aromatic heterocycles. The molecule has 0 saturated carbocycles. The lowest BCUT2D eigenvalue weighted by Gasteiger charge is -2.35. The topological polar surface area (TPSA) is 49.0 Å². The monoisotopic (exact) mass is 403 g/mol. The summed E-state index contributed by atoms with van der Waals surface area (Å²) in [5.74, 6) is -2.71. The number of pyridine rings is 1. The number of benzene rings is 2. The van der Waals surface area contributed by atoms with E-state index in [4.69, 9.17) is 0 Å². The smallest absolute Gasteiger partial charge is 0.257 e. The Morgan fingerprint density at radius 3 is 2.70 bits per heavy atom. The number of para-hydroxylation sites is 1. The van der Waals surface area contributed by atoms with Crippen molar-refractivity contribution in [2.24, 2.45) is 0 Å². The number of hydrogen-bond acceptors (Lipinski definition) is 2. The zero-order valence-electron chi connectivity index (χ0n) is 16.3. The lowest BCUT2D eigenvalue weighted by Crippen LogP contribution is -2.41. The number of fused-ring (bicyclic) bond motifs is 3. The fraction of sp³-hybridized carbons (Fsp3) is 0.167. The summed E-state index contributed by atoms with van der Waals surface area (Å²) < 4.78 is 28.2. The van der Waals surface area contributed by atoms with Crippen molar-refractivity contribution in [3.8, 4) is 0 Å². The second-order valence-electron chi connectivity index (χ2n) is 7.52. The zero-order valence-corrected chi connectivity index (χ0v) is 16.3. The second kappa shape index (κ2) is 7.06. The Morgan fingerprint density at radius 2 is 1.87 bits per heavy atom. The molecule has 1 amide bonds. The van der Waals surface area contributed by atoms with Crippen LogP contribution in [-0.2, 0) is 6.42 Å². The first kappa shape index (κ1) is 18.5. The summed E-state index contributed by atoms with van der Waals surface area (Å²) in [6.45, 7) is 2.26. The number of halogens is 2. The van der Waals surface area contributed by atoms with E-state index in [1.165, 1.54) is 12.1 Å². The zero-order chi connectivity index (χ0) is 20.8. The Balaban J connectivity index is 1.69. The Hall–Kier alpha value is -3.54. The Bertz CT molecular complexity index is 1280. The SMILES string of the molecule is Cc1cccc([C@@H]2c3[nH]c4ccccc4c3CCN2C(=O)c2cccc(F)c2F)n1. The van der Waals surface area contributed by atoms with Gasteiger partial charge in [0.2, 0.25) is 0 Å². The number of hydrogen-bond donors (Lipinski definition) is 1. The molecule has 1 atom stereocenters. The normalized spacial score (nSPS) is 16.0. The molecule has 0 radical (unpaired) electrons. The van der Waals surface area contributed by atoms with Crippen LogP contribution in [0.2, 0.25) is 0 Å². The number of amides is 1. The number of rotatable bonds is 2. The van der Waals surface area contributed by atoms with Crippen LogP contribution in [0.3, 0.4) is 0 Å². The average molecular weight is 403 g/mol. The van der Waals surface area contributed by atoms with E-state index in [1.807, 2.05) is 43.3 Å². The maximum Gasteiger partial charge on any atom is 0.257 e. The number of carbonyl (C=O) groups is 1. The molecule has 5 rings (SSSR count). The summed E-state index contributed by atoms with van der Waals surface area (Å²) in [5, 5.41) is 1.11. The van der Waals surface area contributed by atoms with E-state index in [0.717, 1.165) is 33.9 Å². The van der Waals surface area contributed by atoms with Gasteiger partial charge in [-0.3, -0.25) is 9.78 Å². The van der Waals surface area contributed by atoms with Gasteiger partial charge in [-0.2, -0.15) is 0 Å². The molecule has 30 heavy (non-hydrogen) atoms. The third-order valence-electron chi connectivity index (χ3n) is 5.67. The molecule has 4 aromatic rings. The number of H-pyrrole nitrogens is 1. The number of aryl methyl sites for hydroxylation is 1. The van der Waals surface area contributed by atoms with Crippen molar-refractivity contribution >= 4 is 16.8 Å². The highest BCUT2D eigenvalue weighted by Crippen LogP contribution is 2.38. The lowest BCUT2D eigenvalue weighted by molar-refractivity contribution is 0.0682. The lowest BCUT2D eigenvalue weighted by atomic mass is 9.94. The number of nitrogens with one attached hydrogen (secondary N) is 1. The van der Waals surface area contributed by atoms with Gasteiger partial charge in [-0.25, -0.2) is 8.78 Å². The summed E-state index contributed by atoms with van der Waals surface area (Å²) in [7, 11) is 0. The van der Waals surface area contributed by atoms with E-state index in [0.29, 0.717) is 18.7 Å². The number of aromatic nitrogens is 2. The van der Waals surface area contributed by atoms with Crippen molar-refractivity contribution in [3.63, 3.8) is 0 Å². The minimum Gasteiger partial charge on any atom is -0.356 e. The predicted octanol–water partition coefficient (Wildman–Crippen LogP) is 4.94. The minimum absolute atomic E-state index is 0.271. The number of aromatic amines is 1. The Kier molecular flexibility index (Phi) is 4.35. The molecule has 0 spiro atoms. The average Bonchev–Trinajstić information content (AvgIpc) is 3.13. The molecular formula is C24H19F2N3O. The van der Waals surface area contributed by atoms with Crippen LogP contribution in [0.5, 0.6) is 0 Å². The largest absolute Gasteiger partial charge is 0.356 e. The van der Waals surface area contributed by atoms with Crippen LogP contribution in [0.4, 0.5) is 8.78 Å². The summed E-state index contributed by atoms with van der Waals surface area (Å²) >= 11 is 0. The molecule has 1 aliphatic heterocycles. The third-order valence-corrected chi connectivity index (χ3v) is 5.67. The van der Waals surface area contributed by atoms with Crippen molar-refractivity contribution in [2.75, 3.05) is 6.54 Å². The predicted molar refractivity (Wildman–Crippen MR) is 110 cm³/mol. The third kappa shape index (κ3) is 2.87. The minimum atomic E-state index is -1.12. The van der Waals surface area contributed by atoms with Gasteiger partial charge in [0.1, 0.15) is 6.04 Å². The van der Waals surface area contributed by atoms with Gasteiger partial charge in [0.05, 0.1) is 11.3 Å². The van der Waals surface area contributed by atoms with Crippen molar-refractivity contribution in [3.05, 3.63) is 101 Å². The molecule has 0 aliphatic carbocycles. The molecule has 4 nitrogen and oxygen atoms in total. The van der Waals surface area contributed by atoms with Crippen LogP contribution in [0.1, 0.15) is 39.0 Å². The van der Waals surface area contributed by atoms with Gasteiger partial charge in [-0.15, -0.1) is 0 Å². The maximum absolute atomic E-state index is 14.4. The summed E-state index contributed by atoms with van der Waals surface area (Å²) in [6.07, 6.45) is 0.615. The molecule has 2 aromatic carbocycles. The molecule has 0 bridgehead atoms. The van der Waals surface area contributed by atoms with Crippen LogP contribution in [0, 0.1) is 18.6 Å². The molecule has 3 heterocycles. The van der Waals surface area contributed by atoms with Crippen LogP contribution in [0.25, 0.3) is 10.9 Å². The molecule has 150 valence electrons. The highest BCUT2D eigenvalue weighted by atomic mass is 19.2. The van der Waals surface area contributed by atoms with E-state index in [-0.39, 0.29) is 5.56 Å². The molecule has 1 aliphatic rings.